The summed E-state index contributed by atoms with van der Waals surface area (Å²) in [6, 6.07) is 0. The van der Waals surface area contributed by atoms with Crippen LogP contribution in [0.15, 0.2) is 9.98 Å². The lowest BCUT2D eigenvalue weighted by atomic mass is 10.1. The molecule has 0 saturated carbocycles. The molecule has 0 aromatic rings. The Morgan fingerprint density at radius 3 is 2.14 bits per heavy atom. The fourth-order valence-electron chi connectivity index (χ4n) is 1.10. The molecule has 14 heavy (non-hydrogen) atoms. The van der Waals surface area contributed by atoms with Crippen molar-refractivity contribution >= 4 is 12.2 Å². The average molecular weight is 198 g/mol. The second-order valence-electron chi connectivity index (χ2n) is 2.76. The molecule has 5 nitrogen and oxygen atoms in total. The second kappa shape index (κ2) is 8.32. The van der Waals surface area contributed by atoms with Crippen LogP contribution in [-0.2, 0) is 14.3 Å². The van der Waals surface area contributed by atoms with Gasteiger partial charge in [0.1, 0.15) is 0 Å². The quantitative estimate of drug-likeness (QED) is 0.455. The molecule has 0 bridgehead atoms. The van der Waals surface area contributed by atoms with Gasteiger partial charge >= 0.3 is 0 Å². The van der Waals surface area contributed by atoms with Crippen LogP contribution in [0.2, 0.25) is 0 Å². The summed E-state index contributed by atoms with van der Waals surface area (Å²) in [7, 11) is 1.62. The molecule has 0 fully saturated rings. The molecule has 0 aliphatic carbocycles. The predicted molar refractivity (Wildman–Crippen MR) is 50.4 cm³/mol. The van der Waals surface area contributed by atoms with E-state index in [1.807, 2.05) is 6.92 Å². The van der Waals surface area contributed by atoms with E-state index < -0.39 is 6.17 Å². The number of aliphatic imine (C=N–C) groups is 2. The van der Waals surface area contributed by atoms with Gasteiger partial charge in [-0.3, -0.25) is 0 Å². The van der Waals surface area contributed by atoms with E-state index in [0.29, 0.717) is 12.8 Å². The third-order valence-electron chi connectivity index (χ3n) is 1.94. The minimum atomic E-state index is -0.658. The molecular formula is C9H14N2O3. The highest BCUT2D eigenvalue weighted by atomic mass is 16.5. The Kier molecular flexibility index (Phi) is 7.56. The molecule has 1 unspecified atom stereocenters. The summed E-state index contributed by atoms with van der Waals surface area (Å²) in [4.78, 5) is 26.7. The van der Waals surface area contributed by atoms with Crippen molar-refractivity contribution in [2.24, 2.45) is 9.98 Å². The van der Waals surface area contributed by atoms with Crippen molar-refractivity contribution in [1.29, 1.82) is 0 Å². The summed E-state index contributed by atoms with van der Waals surface area (Å²) < 4.78 is 5.13. The lowest BCUT2D eigenvalue weighted by Gasteiger charge is -2.12. The molecule has 0 amide bonds. The first-order chi connectivity index (χ1) is 6.78. The number of carbonyl (C=O) groups excluding carboxylic acids is 2. The Labute approximate surface area is 82.9 Å². The van der Waals surface area contributed by atoms with Crippen molar-refractivity contribution in [1.82, 2.24) is 0 Å². The van der Waals surface area contributed by atoms with Crippen LogP contribution in [0, 0.1) is 0 Å². The van der Waals surface area contributed by atoms with Crippen molar-refractivity contribution < 1.29 is 14.3 Å². The van der Waals surface area contributed by atoms with Gasteiger partial charge in [0.05, 0.1) is 6.10 Å². The monoisotopic (exact) mass is 198 g/mol. The van der Waals surface area contributed by atoms with Crippen molar-refractivity contribution in [2.45, 2.75) is 38.5 Å². The number of methoxy groups -OCH3 is 1. The third-order valence-corrected chi connectivity index (χ3v) is 1.94. The summed E-state index contributed by atoms with van der Waals surface area (Å²) in [6.45, 7) is 2.00. The standard InChI is InChI=1S/C9H14N2O3/c1-3-8(14-2)4-5-9(10-6-12)11-7-13/h8-9H,3-5H2,1-2H3. The lowest BCUT2D eigenvalue weighted by Crippen LogP contribution is -2.12. The van der Waals surface area contributed by atoms with Gasteiger partial charge in [-0.25, -0.2) is 9.59 Å². The SMILES string of the molecule is CCC(CCC(N=C=O)N=C=O)OC. The van der Waals surface area contributed by atoms with Gasteiger partial charge in [-0.05, 0) is 19.3 Å². The molecule has 0 aliphatic rings. The summed E-state index contributed by atoms with van der Waals surface area (Å²) in [6.07, 6.45) is 4.27. The molecular weight excluding hydrogens is 184 g/mol. The van der Waals surface area contributed by atoms with Crippen LogP contribution >= 0.6 is 0 Å². The Balaban J connectivity index is 4.04. The van der Waals surface area contributed by atoms with Gasteiger partial charge in [0, 0.05) is 7.11 Å². The van der Waals surface area contributed by atoms with Crippen molar-refractivity contribution in [3.8, 4) is 0 Å². The number of isocyanates is 2. The Bertz CT molecular complexity index is 220. The molecule has 0 aromatic carbocycles. The summed E-state index contributed by atoms with van der Waals surface area (Å²) in [5.41, 5.74) is 0. The fraction of sp³-hybridized carbons (Fsp3) is 0.778. The molecule has 0 aliphatic heterocycles. The molecule has 0 rings (SSSR count). The summed E-state index contributed by atoms with van der Waals surface area (Å²) >= 11 is 0. The maximum absolute atomic E-state index is 9.96. The molecule has 0 N–H and O–H groups in total. The van der Waals surface area contributed by atoms with Gasteiger partial charge < -0.3 is 4.74 Å². The maximum Gasteiger partial charge on any atom is 0.237 e. The molecule has 0 radical (unpaired) electrons. The third kappa shape index (κ3) is 5.38. The number of nitrogens with zero attached hydrogens (tertiary/aromatic N) is 2. The molecule has 1 atom stereocenters. The Morgan fingerprint density at radius 1 is 1.21 bits per heavy atom. The van der Waals surface area contributed by atoms with Gasteiger partial charge in [0.25, 0.3) is 0 Å². The van der Waals surface area contributed by atoms with Gasteiger partial charge in [0.2, 0.25) is 12.2 Å². The van der Waals surface area contributed by atoms with E-state index in [4.69, 9.17) is 4.74 Å². The molecule has 0 heterocycles. The highest BCUT2D eigenvalue weighted by molar-refractivity contribution is 5.36. The molecule has 0 aromatic heterocycles. The minimum absolute atomic E-state index is 0.112. The smallest absolute Gasteiger partial charge is 0.237 e. The van der Waals surface area contributed by atoms with E-state index in [2.05, 4.69) is 9.98 Å². The van der Waals surface area contributed by atoms with Crippen LogP contribution in [0.4, 0.5) is 0 Å². The maximum atomic E-state index is 9.96. The van der Waals surface area contributed by atoms with Gasteiger partial charge in [-0.2, -0.15) is 9.98 Å². The first kappa shape index (κ1) is 12.7. The zero-order valence-electron chi connectivity index (χ0n) is 8.40. The topological polar surface area (TPSA) is 68.1 Å². The van der Waals surface area contributed by atoms with Crippen LogP contribution in [-0.4, -0.2) is 31.5 Å². The highest BCUT2D eigenvalue weighted by Gasteiger charge is 2.09. The largest absolute Gasteiger partial charge is 0.381 e. The predicted octanol–water partition coefficient (Wildman–Crippen LogP) is 1.19. The van der Waals surface area contributed by atoms with Crippen LogP contribution in [0.3, 0.4) is 0 Å². The number of hydrogen-bond acceptors (Lipinski definition) is 5. The van der Waals surface area contributed by atoms with Crippen molar-refractivity contribution in [3.63, 3.8) is 0 Å². The molecule has 5 heteroatoms. The highest BCUT2D eigenvalue weighted by Crippen LogP contribution is 2.10. The van der Waals surface area contributed by atoms with E-state index in [0.717, 1.165) is 6.42 Å². The Hall–Kier alpha value is -1.28. The van der Waals surface area contributed by atoms with Crippen LogP contribution in [0.5, 0.6) is 0 Å². The number of rotatable bonds is 7. The molecule has 78 valence electrons. The van der Waals surface area contributed by atoms with E-state index in [1.54, 1.807) is 7.11 Å². The Morgan fingerprint density at radius 2 is 1.79 bits per heavy atom. The van der Waals surface area contributed by atoms with Crippen LogP contribution in [0.25, 0.3) is 0 Å². The van der Waals surface area contributed by atoms with Crippen LogP contribution < -0.4 is 0 Å². The molecule has 0 saturated heterocycles. The zero-order valence-corrected chi connectivity index (χ0v) is 8.40. The van der Waals surface area contributed by atoms with Crippen molar-refractivity contribution in [2.75, 3.05) is 7.11 Å². The average Bonchev–Trinajstić information content (AvgIpc) is 2.20. The van der Waals surface area contributed by atoms with E-state index in [1.165, 1.54) is 12.2 Å². The fourth-order valence-corrected chi connectivity index (χ4v) is 1.10. The number of ether oxygens (including phenoxy) is 1. The van der Waals surface area contributed by atoms with E-state index >= 15 is 0 Å². The van der Waals surface area contributed by atoms with Crippen LogP contribution in [0.1, 0.15) is 26.2 Å². The summed E-state index contributed by atoms with van der Waals surface area (Å²) in [5.74, 6) is 0. The molecule has 0 spiro atoms. The first-order valence-corrected chi connectivity index (χ1v) is 4.45. The van der Waals surface area contributed by atoms with Gasteiger partial charge in [-0.1, -0.05) is 6.92 Å². The first-order valence-electron chi connectivity index (χ1n) is 4.45. The van der Waals surface area contributed by atoms with E-state index in [9.17, 15) is 9.59 Å². The van der Waals surface area contributed by atoms with Crippen molar-refractivity contribution in [3.05, 3.63) is 0 Å². The summed E-state index contributed by atoms with van der Waals surface area (Å²) in [5, 5.41) is 0. The number of hydrogen-bond donors (Lipinski definition) is 0. The second-order valence-corrected chi connectivity index (χ2v) is 2.76. The normalized spacial score (nSPS) is 13.6. The van der Waals surface area contributed by atoms with Gasteiger partial charge in [0.15, 0.2) is 6.17 Å². The van der Waals surface area contributed by atoms with Gasteiger partial charge in [-0.15, -0.1) is 0 Å². The van der Waals surface area contributed by atoms with E-state index in [-0.39, 0.29) is 6.10 Å². The zero-order chi connectivity index (χ0) is 10.8. The minimum Gasteiger partial charge on any atom is -0.381 e. The lowest BCUT2D eigenvalue weighted by molar-refractivity contribution is 0.0889.